The van der Waals surface area contributed by atoms with Gasteiger partial charge in [-0.05, 0) is 48.2 Å². The van der Waals surface area contributed by atoms with E-state index in [0.717, 1.165) is 38.4 Å². The molecule has 0 aromatic heterocycles. The molecule has 0 unspecified atom stereocenters. The molecule has 1 fully saturated rings. The Hall–Kier alpha value is -2.68. The van der Waals surface area contributed by atoms with E-state index in [9.17, 15) is 4.79 Å². The Kier molecular flexibility index (Phi) is 7.03. The van der Waals surface area contributed by atoms with Gasteiger partial charge in [-0.1, -0.05) is 38.1 Å². The van der Waals surface area contributed by atoms with E-state index in [1.165, 1.54) is 11.1 Å². The minimum atomic E-state index is -0.156. The highest BCUT2D eigenvalue weighted by Gasteiger charge is 2.25. The molecule has 1 amide bonds. The zero-order chi connectivity index (χ0) is 20.8. The second-order valence-corrected chi connectivity index (χ2v) is 8.06. The topological polar surface area (TPSA) is 59.4 Å². The number of rotatable bonds is 6. The molecule has 0 spiro atoms. The number of nitrogens with zero attached hydrogens (tertiary/aromatic N) is 3. The van der Waals surface area contributed by atoms with Gasteiger partial charge in [-0.25, -0.2) is 0 Å². The molecule has 0 radical (unpaired) electrons. The maximum absolute atomic E-state index is 12.7. The molecule has 2 aromatic rings. The van der Waals surface area contributed by atoms with Crippen LogP contribution in [0.5, 0.6) is 0 Å². The van der Waals surface area contributed by atoms with Gasteiger partial charge in [0.2, 0.25) is 5.91 Å². The first-order valence-corrected chi connectivity index (χ1v) is 10.3. The quantitative estimate of drug-likeness (QED) is 0.814. The zero-order valence-corrected chi connectivity index (χ0v) is 17.6. The fourth-order valence-corrected chi connectivity index (χ4v) is 3.62. The Morgan fingerprint density at radius 3 is 2.17 bits per heavy atom. The molecule has 152 valence electrons. The molecular weight excluding hydrogens is 360 g/mol. The largest absolute Gasteiger partial charge is 0.325 e. The summed E-state index contributed by atoms with van der Waals surface area (Å²) in [6, 6.07) is 17.9. The van der Waals surface area contributed by atoms with Crippen LogP contribution in [0.4, 0.5) is 5.69 Å². The molecule has 1 heterocycles. The maximum Gasteiger partial charge on any atom is 0.241 e. The van der Waals surface area contributed by atoms with Gasteiger partial charge in [-0.2, -0.15) is 5.26 Å². The van der Waals surface area contributed by atoms with Gasteiger partial charge in [0, 0.05) is 38.4 Å². The lowest BCUT2D eigenvalue weighted by Gasteiger charge is -2.37. The summed E-state index contributed by atoms with van der Waals surface area (Å²) >= 11 is 0. The first-order valence-electron chi connectivity index (χ1n) is 10.3. The van der Waals surface area contributed by atoms with Crippen molar-refractivity contribution >= 4 is 11.6 Å². The molecule has 5 heteroatoms. The summed E-state index contributed by atoms with van der Waals surface area (Å²) in [5, 5.41) is 12.0. The molecule has 29 heavy (non-hydrogen) atoms. The number of nitriles is 1. The van der Waals surface area contributed by atoms with Crippen molar-refractivity contribution in [3.8, 4) is 6.07 Å². The number of hydrogen-bond donors (Lipinski definition) is 1. The normalized spacial score (nSPS) is 16.4. The van der Waals surface area contributed by atoms with Gasteiger partial charge >= 0.3 is 0 Å². The molecule has 2 aromatic carbocycles. The second-order valence-electron chi connectivity index (χ2n) is 8.06. The summed E-state index contributed by atoms with van der Waals surface area (Å²) in [6.45, 7) is 10.8. The number of anilines is 1. The van der Waals surface area contributed by atoms with E-state index in [2.05, 4.69) is 47.2 Å². The number of carbonyl (C=O) groups is 1. The SMILES string of the molecule is CC(C)c1ccc(NC(=O)[C@H](C)N2CCN(Cc3ccc(C#N)cc3)CC2)cc1. The van der Waals surface area contributed by atoms with Crippen LogP contribution in [-0.2, 0) is 11.3 Å². The van der Waals surface area contributed by atoms with E-state index in [4.69, 9.17) is 5.26 Å². The van der Waals surface area contributed by atoms with E-state index in [1.54, 1.807) is 0 Å². The van der Waals surface area contributed by atoms with Crippen molar-refractivity contribution in [1.82, 2.24) is 9.80 Å². The van der Waals surface area contributed by atoms with Crippen LogP contribution in [0.15, 0.2) is 48.5 Å². The third-order valence-electron chi connectivity index (χ3n) is 5.67. The van der Waals surface area contributed by atoms with Crippen LogP contribution in [0.1, 0.15) is 43.4 Å². The average Bonchev–Trinajstić information content (AvgIpc) is 2.74. The highest BCUT2D eigenvalue weighted by atomic mass is 16.2. The fourth-order valence-electron chi connectivity index (χ4n) is 3.62. The Balaban J connectivity index is 1.47. The summed E-state index contributed by atoms with van der Waals surface area (Å²) < 4.78 is 0. The maximum atomic E-state index is 12.7. The molecule has 0 saturated carbocycles. The van der Waals surface area contributed by atoms with E-state index in [-0.39, 0.29) is 11.9 Å². The number of carbonyl (C=O) groups excluding carboxylic acids is 1. The standard InChI is InChI=1S/C24H30N4O/c1-18(2)22-8-10-23(11-9-22)26-24(29)19(3)28-14-12-27(13-15-28)17-21-6-4-20(16-25)5-7-21/h4-11,18-19H,12-15,17H2,1-3H3,(H,26,29)/t19-/m0/s1. The van der Waals surface area contributed by atoms with E-state index >= 15 is 0 Å². The number of hydrogen-bond acceptors (Lipinski definition) is 4. The van der Waals surface area contributed by atoms with Crippen LogP contribution in [0, 0.1) is 11.3 Å². The number of benzene rings is 2. The molecular formula is C24H30N4O. The average molecular weight is 391 g/mol. The summed E-state index contributed by atoms with van der Waals surface area (Å²) in [5.74, 6) is 0.530. The molecule has 1 atom stereocenters. The lowest BCUT2D eigenvalue weighted by molar-refractivity contribution is -0.121. The zero-order valence-electron chi connectivity index (χ0n) is 17.6. The summed E-state index contributed by atoms with van der Waals surface area (Å²) in [6.07, 6.45) is 0. The fraction of sp³-hybridized carbons (Fsp3) is 0.417. The smallest absolute Gasteiger partial charge is 0.241 e. The molecule has 1 N–H and O–H groups in total. The van der Waals surface area contributed by atoms with Crippen molar-refractivity contribution in [1.29, 1.82) is 5.26 Å². The molecule has 5 nitrogen and oxygen atoms in total. The van der Waals surface area contributed by atoms with Gasteiger partial charge in [0.15, 0.2) is 0 Å². The minimum absolute atomic E-state index is 0.0443. The summed E-state index contributed by atoms with van der Waals surface area (Å²) in [5.41, 5.74) is 4.03. The Labute approximate surface area is 173 Å². The van der Waals surface area contributed by atoms with Crippen molar-refractivity contribution in [2.45, 2.75) is 39.3 Å². The van der Waals surface area contributed by atoms with Gasteiger partial charge in [0.05, 0.1) is 17.7 Å². The van der Waals surface area contributed by atoms with Crippen LogP contribution in [0.3, 0.4) is 0 Å². The summed E-state index contributed by atoms with van der Waals surface area (Å²) in [4.78, 5) is 17.3. The van der Waals surface area contributed by atoms with Crippen LogP contribution < -0.4 is 5.32 Å². The summed E-state index contributed by atoms with van der Waals surface area (Å²) in [7, 11) is 0. The monoisotopic (exact) mass is 390 g/mol. The highest BCUT2D eigenvalue weighted by molar-refractivity contribution is 5.94. The van der Waals surface area contributed by atoms with Gasteiger partial charge in [-0.15, -0.1) is 0 Å². The Bertz CT molecular complexity index is 844. The predicted octanol–water partition coefficient (Wildman–Crippen LogP) is 3.83. The van der Waals surface area contributed by atoms with Crippen molar-refractivity contribution in [2.24, 2.45) is 0 Å². The first-order chi connectivity index (χ1) is 14.0. The molecule has 1 saturated heterocycles. The number of nitrogens with one attached hydrogen (secondary N) is 1. The van der Waals surface area contributed by atoms with Gasteiger partial charge < -0.3 is 5.32 Å². The third-order valence-corrected chi connectivity index (χ3v) is 5.67. The van der Waals surface area contributed by atoms with E-state index in [0.29, 0.717) is 11.5 Å². The van der Waals surface area contributed by atoms with Crippen LogP contribution in [0.25, 0.3) is 0 Å². The predicted molar refractivity (Wildman–Crippen MR) is 117 cm³/mol. The third kappa shape index (κ3) is 5.66. The van der Waals surface area contributed by atoms with Crippen molar-refractivity contribution < 1.29 is 4.79 Å². The van der Waals surface area contributed by atoms with E-state index in [1.807, 2.05) is 43.3 Å². The van der Waals surface area contributed by atoms with Crippen molar-refractivity contribution in [3.05, 3.63) is 65.2 Å². The van der Waals surface area contributed by atoms with Gasteiger partial charge in [-0.3, -0.25) is 14.6 Å². The first kappa shape index (κ1) is 21.0. The minimum Gasteiger partial charge on any atom is -0.325 e. The van der Waals surface area contributed by atoms with Crippen LogP contribution >= 0.6 is 0 Å². The molecule has 3 rings (SSSR count). The highest BCUT2D eigenvalue weighted by Crippen LogP contribution is 2.18. The number of piperazine rings is 1. The Morgan fingerprint density at radius 2 is 1.62 bits per heavy atom. The Morgan fingerprint density at radius 1 is 1.00 bits per heavy atom. The molecule has 0 bridgehead atoms. The van der Waals surface area contributed by atoms with E-state index < -0.39 is 0 Å². The second kappa shape index (κ2) is 9.69. The molecule has 1 aliphatic heterocycles. The van der Waals surface area contributed by atoms with Crippen molar-refractivity contribution in [2.75, 3.05) is 31.5 Å². The lowest BCUT2D eigenvalue weighted by atomic mass is 10.0. The van der Waals surface area contributed by atoms with Gasteiger partial charge in [0.25, 0.3) is 0 Å². The number of amides is 1. The molecule has 1 aliphatic rings. The lowest BCUT2D eigenvalue weighted by Crippen LogP contribution is -2.52. The van der Waals surface area contributed by atoms with Crippen LogP contribution in [-0.4, -0.2) is 47.9 Å². The van der Waals surface area contributed by atoms with Crippen LogP contribution in [0.2, 0.25) is 0 Å². The van der Waals surface area contributed by atoms with Gasteiger partial charge in [0.1, 0.15) is 0 Å². The molecule has 0 aliphatic carbocycles. The van der Waals surface area contributed by atoms with Crippen molar-refractivity contribution in [3.63, 3.8) is 0 Å².